The summed E-state index contributed by atoms with van der Waals surface area (Å²) in [6.45, 7) is 1.53. The largest absolute Gasteiger partial charge is 0.573 e. The van der Waals surface area contributed by atoms with E-state index in [4.69, 9.17) is 18.0 Å². The molecule has 3 aromatic rings. The number of benzene rings is 3. The second kappa shape index (κ2) is 9.04. The van der Waals surface area contributed by atoms with Crippen molar-refractivity contribution in [2.45, 2.75) is 13.3 Å². The van der Waals surface area contributed by atoms with Crippen LogP contribution in [-0.4, -0.2) is 36.3 Å². The van der Waals surface area contributed by atoms with Crippen LogP contribution in [0.2, 0.25) is 5.02 Å². The lowest BCUT2D eigenvalue weighted by Crippen LogP contribution is -2.30. The quantitative estimate of drug-likeness (QED) is 0.327. The van der Waals surface area contributed by atoms with Crippen molar-refractivity contribution in [2.24, 2.45) is 4.99 Å². The highest BCUT2D eigenvalue weighted by atomic mass is 35.5. The molecule has 0 atom stereocenters. The summed E-state index contributed by atoms with van der Waals surface area (Å²) in [7, 11) is 0. The highest BCUT2D eigenvalue weighted by Crippen LogP contribution is 2.37. The fourth-order valence-electron chi connectivity index (χ4n) is 4.37. The number of alkyl halides is 3. The summed E-state index contributed by atoms with van der Waals surface area (Å²) in [4.78, 5) is 45.6. The molecule has 0 unspecified atom stereocenters. The maximum absolute atomic E-state index is 13.1. The van der Waals surface area contributed by atoms with Crippen LogP contribution in [-0.2, 0) is 4.79 Å². The molecule has 7 nitrogen and oxygen atoms in total. The molecule has 2 aliphatic rings. The van der Waals surface area contributed by atoms with Gasteiger partial charge in [-0.15, -0.1) is 19.6 Å². The van der Waals surface area contributed by atoms with Gasteiger partial charge in [-0.25, -0.2) is 9.89 Å². The Balaban J connectivity index is 1.52. The van der Waals surface area contributed by atoms with E-state index in [0.29, 0.717) is 22.0 Å². The summed E-state index contributed by atoms with van der Waals surface area (Å²) in [5, 5.41) is 0.318. The number of carbonyl (C=O) groups is 3. The van der Waals surface area contributed by atoms with Crippen molar-refractivity contribution in [3.63, 3.8) is 0 Å². The van der Waals surface area contributed by atoms with Crippen LogP contribution < -0.4 is 14.5 Å². The van der Waals surface area contributed by atoms with Crippen LogP contribution >= 0.6 is 11.6 Å². The van der Waals surface area contributed by atoms with E-state index in [1.807, 2.05) is 0 Å². The van der Waals surface area contributed by atoms with Crippen LogP contribution in [0.5, 0.6) is 5.75 Å². The first kappa shape index (κ1) is 25.0. The average Bonchev–Trinajstić information content (AvgIpc) is 3.23. The van der Waals surface area contributed by atoms with Crippen LogP contribution in [0.4, 0.5) is 30.2 Å². The van der Waals surface area contributed by atoms with Gasteiger partial charge in [0.2, 0.25) is 0 Å². The minimum Gasteiger partial charge on any atom is -0.406 e. The standard InChI is InChI=1S/C27H15ClF3N3O4/c1-3-10-33-22-9-6-17(38-27(29,30)31)13-20(22)23(26(33)37)32-16-5-8-21(14(2)11-16)34-24(35)18-7-4-15(28)12-19(18)25(34)36/h1,4-9,11-13H,10H2,2H3. The van der Waals surface area contributed by atoms with Crippen molar-refractivity contribution in [3.8, 4) is 18.1 Å². The van der Waals surface area contributed by atoms with Gasteiger partial charge in [-0.05, 0) is 67.1 Å². The van der Waals surface area contributed by atoms with Gasteiger partial charge in [0.05, 0.1) is 34.7 Å². The van der Waals surface area contributed by atoms with E-state index in [0.717, 1.165) is 17.0 Å². The Bertz CT molecular complexity index is 1620. The van der Waals surface area contributed by atoms with Gasteiger partial charge in [-0.3, -0.25) is 19.3 Å². The zero-order chi connectivity index (χ0) is 27.4. The normalized spacial score (nSPS) is 15.7. The molecule has 0 radical (unpaired) electrons. The SMILES string of the molecule is C#CCN1C(=O)C(=Nc2ccc(N3C(=O)c4ccc(Cl)cc4C3=O)c(C)c2)c2cc(OC(F)(F)F)ccc21. The van der Waals surface area contributed by atoms with Crippen molar-refractivity contribution >= 4 is 52.1 Å². The molecule has 3 aromatic carbocycles. The number of aryl methyl sites for hydroxylation is 1. The number of imide groups is 1. The predicted octanol–water partition coefficient (Wildman–Crippen LogP) is 5.45. The highest BCUT2D eigenvalue weighted by molar-refractivity contribution is 6.54. The van der Waals surface area contributed by atoms with Crippen molar-refractivity contribution < 1.29 is 32.3 Å². The van der Waals surface area contributed by atoms with E-state index in [1.54, 1.807) is 13.0 Å². The Hall–Kier alpha value is -4.62. The number of hydrogen-bond acceptors (Lipinski definition) is 5. The van der Waals surface area contributed by atoms with Crippen LogP contribution in [0, 0.1) is 19.3 Å². The van der Waals surface area contributed by atoms with Gasteiger partial charge in [0, 0.05) is 10.6 Å². The first-order chi connectivity index (χ1) is 18.0. The van der Waals surface area contributed by atoms with E-state index in [1.165, 1.54) is 41.3 Å². The topological polar surface area (TPSA) is 79.3 Å². The summed E-state index contributed by atoms with van der Waals surface area (Å²) in [6, 6.07) is 12.4. The molecule has 3 amide bonds. The summed E-state index contributed by atoms with van der Waals surface area (Å²) in [6.07, 6.45) is 0.452. The minimum absolute atomic E-state index is 0.117. The zero-order valence-corrected chi connectivity index (χ0v) is 20.2. The van der Waals surface area contributed by atoms with E-state index < -0.39 is 29.8 Å². The Morgan fingerprint density at radius 3 is 2.32 bits per heavy atom. The fourth-order valence-corrected chi connectivity index (χ4v) is 4.54. The number of ether oxygens (including phenoxy) is 1. The lowest BCUT2D eigenvalue weighted by Gasteiger charge is -2.17. The highest BCUT2D eigenvalue weighted by Gasteiger charge is 2.38. The summed E-state index contributed by atoms with van der Waals surface area (Å²) in [5.74, 6) is 0.194. The molecule has 0 N–H and O–H groups in total. The van der Waals surface area contributed by atoms with Crippen molar-refractivity contribution in [2.75, 3.05) is 16.3 Å². The van der Waals surface area contributed by atoms with Gasteiger partial charge in [-0.1, -0.05) is 17.5 Å². The number of halogens is 4. The van der Waals surface area contributed by atoms with E-state index in [2.05, 4.69) is 15.6 Å². The molecule has 0 fully saturated rings. The van der Waals surface area contributed by atoms with E-state index >= 15 is 0 Å². The van der Waals surface area contributed by atoms with Crippen LogP contribution in [0.15, 0.2) is 59.6 Å². The second-order valence-electron chi connectivity index (χ2n) is 8.39. The number of terminal acetylenes is 1. The van der Waals surface area contributed by atoms with Gasteiger partial charge in [0.1, 0.15) is 11.5 Å². The van der Waals surface area contributed by atoms with E-state index in [9.17, 15) is 27.6 Å². The monoisotopic (exact) mass is 537 g/mol. The second-order valence-corrected chi connectivity index (χ2v) is 8.83. The van der Waals surface area contributed by atoms with Crippen molar-refractivity contribution in [1.29, 1.82) is 0 Å². The molecule has 0 saturated heterocycles. The van der Waals surface area contributed by atoms with Gasteiger partial charge < -0.3 is 4.74 Å². The maximum Gasteiger partial charge on any atom is 0.573 e. The van der Waals surface area contributed by atoms with Gasteiger partial charge in [0.25, 0.3) is 17.7 Å². The Morgan fingerprint density at radius 2 is 1.63 bits per heavy atom. The van der Waals surface area contributed by atoms with Gasteiger partial charge in [0.15, 0.2) is 0 Å². The number of amides is 3. The number of aliphatic imine (C=N–C) groups is 1. The molecule has 2 heterocycles. The first-order valence-electron chi connectivity index (χ1n) is 11.0. The molecular weight excluding hydrogens is 523 g/mol. The third-order valence-corrected chi connectivity index (χ3v) is 6.19. The molecule has 0 saturated carbocycles. The third-order valence-electron chi connectivity index (χ3n) is 5.96. The zero-order valence-electron chi connectivity index (χ0n) is 19.5. The lowest BCUT2D eigenvalue weighted by molar-refractivity contribution is -0.274. The summed E-state index contributed by atoms with van der Waals surface area (Å²) < 4.78 is 42.3. The number of fused-ring (bicyclic) bond motifs is 2. The Kier molecular flexibility index (Phi) is 5.96. The number of rotatable bonds is 4. The van der Waals surface area contributed by atoms with Crippen LogP contribution in [0.1, 0.15) is 31.8 Å². The molecule has 5 rings (SSSR count). The van der Waals surface area contributed by atoms with Gasteiger partial charge in [-0.2, -0.15) is 0 Å². The van der Waals surface area contributed by atoms with Crippen molar-refractivity contribution in [1.82, 2.24) is 0 Å². The molecule has 190 valence electrons. The molecule has 0 spiro atoms. The summed E-state index contributed by atoms with van der Waals surface area (Å²) in [5.41, 5.74) is 1.75. The summed E-state index contributed by atoms with van der Waals surface area (Å²) >= 11 is 5.98. The van der Waals surface area contributed by atoms with Crippen LogP contribution in [0.25, 0.3) is 0 Å². The number of carbonyl (C=O) groups excluding carboxylic acids is 3. The molecular formula is C27H15ClF3N3O4. The minimum atomic E-state index is -4.92. The number of nitrogens with zero attached hydrogens (tertiary/aromatic N) is 3. The Morgan fingerprint density at radius 1 is 0.921 bits per heavy atom. The van der Waals surface area contributed by atoms with Crippen LogP contribution in [0.3, 0.4) is 0 Å². The fraction of sp³-hybridized carbons (Fsp3) is 0.111. The predicted molar refractivity (Wildman–Crippen MR) is 134 cm³/mol. The maximum atomic E-state index is 13.1. The molecule has 38 heavy (non-hydrogen) atoms. The Labute approximate surface area is 219 Å². The first-order valence-corrected chi connectivity index (χ1v) is 11.4. The van der Waals surface area contributed by atoms with Crippen molar-refractivity contribution in [3.05, 3.63) is 81.9 Å². The smallest absolute Gasteiger partial charge is 0.406 e. The molecule has 0 aromatic heterocycles. The lowest BCUT2D eigenvalue weighted by atomic mass is 10.1. The molecule has 0 bridgehead atoms. The molecule has 0 aliphatic carbocycles. The number of hydrogen-bond donors (Lipinski definition) is 0. The third kappa shape index (κ3) is 4.27. The molecule has 11 heteroatoms. The van der Waals surface area contributed by atoms with E-state index in [-0.39, 0.29) is 34.6 Å². The van der Waals surface area contributed by atoms with Gasteiger partial charge >= 0.3 is 6.36 Å². The molecule has 2 aliphatic heterocycles. The average molecular weight is 538 g/mol. The number of anilines is 2.